The van der Waals surface area contributed by atoms with Crippen molar-refractivity contribution < 1.29 is 28.6 Å². The number of nitrogens with zero attached hydrogens (tertiary/aromatic N) is 3. The number of nitrogens with one attached hydrogen (secondary N) is 1. The van der Waals surface area contributed by atoms with Gasteiger partial charge < -0.3 is 25.3 Å². The van der Waals surface area contributed by atoms with Gasteiger partial charge >= 0.3 is 11.9 Å². The fourth-order valence-corrected chi connectivity index (χ4v) is 4.04. The van der Waals surface area contributed by atoms with Crippen LogP contribution < -0.4 is 11.1 Å². The predicted octanol–water partition coefficient (Wildman–Crippen LogP) is 1.70. The van der Waals surface area contributed by atoms with Crippen LogP contribution in [0.3, 0.4) is 0 Å². The van der Waals surface area contributed by atoms with Gasteiger partial charge in [0.25, 0.3) is 5.91 Å². The molecule has 0 radical (unpaired) electrons. The summed E-state index contributed by atoms with van der Waals surface area (Å²) in [7, 11) is 1.27. The summed E-state index contributed by atoms with van der Waals surface area (Å²) in [5.74, 6) is -2.72. The second-order valence-electron chi connectivity index (χ2n) is 7.48. The van der Waals surface area contributed by atoms with E-state index < -0.39 is 23.8 Å². The number of amides is 1. The molecule has 12 heteroatoms. The van der Waals surface area contributed by atoms with Gasteiger partial charge in [-0.25, -0.2) is 14.3 Å². The number of aromatic nitrogens is 3. The molecule has 1 aromatic carbocycles. The summed E-state index contributed by atoms with van der Waals surface area (Å²) in [6, 6.07) is 6.93. The van der Waals surface area contributed by atoms with E-state index in [0.29, 0.717) is 22.0 Å². The van der Waals surface area contributed by atoms with E-state index in [1.54, 1.807) is 38.1 Å². The van der Waals surface area contributed by atoms with Crippen molar-refractivity contribution in [1.29, 1.82) is 0 Å². The number of benzene rings is 1. The van der Waals surface area contributed by atoms with Crippen LogP contribution in [0, 0.1) is 0 Å². The molecule has 1 aromatic heterocycles. The summed E-state index contributed by atoms with van der Waals surface area (Å²) < 4.78 is 17.4. The van der Waals surface area contributed by atoms with E-state index in [4.69, 9.17) is 31.5 Å². The van der Waals surface area contributed by atoms with Gasteiger partial charge in [-0.3, -0.25) is 4.79 Å². The normalized spacial score (nSPS) is 15.6. The van der Waals surface area contributed by atoms with E-state index >= 15 is 0 Å². The number of halogens is 1. The van der Waals surface area contributed by atoms with Crippen LogP contribution in [0.4, 0.5) is 0 Å². The Hall–Kier alpha value is -3.70. The molecule has 0 saturated heterocycles. The molecule has 0 saturated carbocycles. The van der Waals surface area contributed by atoms with Crippen molar-refractivity contribution >= 4 is 29.4 Å². The first kappa shape index (κ1) is 25.9. The molecule has 1 unspecified atom stereocenters. The summed E-state index contributed by atoms with van der Waals surface area (Å²) in [6.45, 7) is 3.83. The molecule has 1 aliphatic rings. The van der Waals surface area contributed by atoms with Crippen molar-refractivity contribution in [3.63, 3.8) is 0 Å². The third-order valence-corrected chi connectivity index (χ3v) is 5.67. The number of dihydropyridines is 1. The average Bonchev–Trinajstić information content (AvgIpc) is 3.30. The highest BCUT2D eigenvalue weighted by Crippen LogP contribution is 2.41. The Morgan fingerprint density at radius 3 is 2.60 bits per heavy atom. The van der Waals surface area contributed by atoms with Crippen LogP contribution in [0.25, 0.3) is 0 Å². The lowest BCUT2D eigenvalue weighted by Gasteiger charge is -2.31. The molecule has 1 atom stereocenters. The van der Waals surface area contributed by atoms with Crippen molar-refractivity contribution in [2.45, 2.75) is 26.3 Å². The second kappa shape index (κ2) is 11.6. The fourth-order valence-electron chi connectivity index (χ4n) is 3.80. The number of ether oxygens (including phenoxy) is 3. The first-order chi connectivity index (χ1) is 16.8. The van der Waals surface area contributed by atoms with Crippen molar-refractivity contribution in [1.82, 2.24) is 20.3 Å². The van der Waals surface area contributed by atoms with Crippen LogP contribution in [-0.4, -0.2) is 59.8 Å². The molecular weight excluding hydrogens is 478 g/mol. The standard InChI is InChI=1S/C23H26ClN5O6/c1-4-35-23(32)20-16(12-34-10-9-29-17(21(25)30)11-26-28-29)27-13(2)18(22(31)33-3)19(20)14-7-5-6-8-15(14)24/h5-8,11,19,27H,4,9-10,12H2,1-3H3,(H2,25,30). The molecule has 11 nitrogen and oxygen atoms in total. The van der Waals surface area contributed by atoms with Gasteiger partial charge in [-0.15, -0.1) is 5.10 Å². The number of esters is 2. The highest BCUT2D eigenvalue weighted by atomic mass is 35.5. The van der Waals surface area contributed by atoms with Gasteiger partial charge in [0.05, 0.1) is 62.4 Å². The van der Waals surface area contributed by atoms with Gasteiger partial charge in [-0.2, -0.15) is 0 Å². The lowest BCUT2D eigenvalue weighted by atomic mass is 9.80. The summed E-state index contributed by atoms with van der Waals surface area (Å²) in [5, 5.41) is 11.0. The summed E-state index contributed by atoms with van der Waals surface area (Å²) >= 11 is 6.48. The Morgan fingerprint density at radius 1 is 1.20 bits per heavy atom. The third kappa shape index (κ3) is 5.69. The number of rotatable bonds is 10. The maximum absolute atomic E-state index is 13.1. The van der Waals surface area contributed by atoms with Gasteiger partial charge in [-0.05, 0) is 25.5 Å². The number of primary amides is 1. The van der Waals surface area contributed by atoms with Gasteiger partial charge in [0.2, 0.25) is 0 Å². The van der Waals surface area contributed by atoms with Crippen LogP contribution >= 0.6 is 11.6 Å². The molecule has 0 bridgehead atoms. The van der Waals surface area contributed by atoms with E-state index in [9.17, 15) is 14.4 Å². The topological polar surface area (TPSA) is 148 Å². The zero-order chi connectivity index (χ0) is 25.5. The number of hydrogen-bond donors (Lipinski definition) is 2. The number of carbonyl (C=O) groups excluding carboxylic acids is 3. The quantitative estimate of drug-likeness (QED) is 0.365. The smallest absolute Gasteiger partial charge is 0.336 e. The maximum atomic E-state index is 13.1. The molecule has 186 valence electrons. The molecule has 1 aliphatic heterocycles. The minimum atomic E-state index is -0.841. The zero-order valence-electron chi connectivity index (χ0n) is 19.5. The van der Waals surface area contributed by atoms with Crippen LogP contribution in [0.1, 0.15) is 35.8 Å². The monoisotopic (exact) mass is 503 g/mol. The highest BCUT2D eigenvalue weighted by molar-refractivity contribution is 6.31. The van der Waals surface area contributed by atoms with Crippen LogP contribution in [0.15, 0.2) is 53.0 Å². The van der Waals surface area contributed by atoms with Gasteiger partial charge in [-0.1, -0.05) is 35.0 Å². The zero-order valence-corrected chi connectivity index (χ0v) is 20.3. The molecular formula is C23H26ClN5O6. The van der Waals surface area contributed by atoms with Crippen molar-refractivity contribution in [2.24, 2.45) is 5.73 Å². The molecule has 0 spiro atoms. The number of nitrogens with two attached hydrogens (primary N) is 1. The lowest BCUT2D eigenvalue weighted by Crippen LogP contribution is -2.35. The van der Waals surface area contributed by atoms with Crippen molar-refractivity contribution in [2.75, 3.05) is 26.9 Å². The van der Waals surface area contributed by atoms with Crippen LogP contribution in [0.2, 0.25) is 5.02 Å². The minimum Gasteiger partial charge on any atom is -0.466 e. The van der Waals surface area contributed by atoms with Crippen molar-refractivity contribution in [3.8, 4) is 0 Å². The van der Waals surface area contributed by atoms with Gasteiger partial charge in [0, 0.05) is 10.7 Å². The molecule has 1 amide bonds. The number of methoxy groups -OCH3 is 1. The van der Waals surface area contributed by atoms with Gasteiger partial charge in [0.1, 0.15) is 5.69 Å². The lowest BCUT2D eigenvalue weighted by molar-refractivity contribution is -0.139. The third-order valence-electron chi connectivity index (χ3n) is 5.33. The van der Waals surface area contributed by atoms with E-state index in [-0.39, 0.29) is 43.2 Å². The number of carbonyl (C=O) groups is 3. The molecule has 35 heavy (non-hydrogen) atoms. The Balaban J connectivity index is 1.96. The number of hydrogen-bond acceptors (Lipinski definition) is 9. The first-order valence-electron chi connectivity index (χ1n) is 10.8. The molecule has 0 fully saturated rings. The maximum Gasteiger partial charge on any atom is 0.336 e. The largest absolute Gasteiger partial charge is 0.466 e. The summed E-state index contributed by atoms with van der Waals surface area (Å²) in [6.07, 6.45) is 1.27. The average molecular weight is 504 g/mol. The van der Waals surface area contributed by atoms with Crippen molar-refractivity contribution in [3.05, 3.63) is 69.3 Å². The Kier molecular flexibility index (Phi) is 8.61. The summed E-state index contributed by atoms with van der Waals surface area (Å²) in [4.78, 5) is 37.3. The summed E-state index contributed by atoms with van der Waals surface area (Å²) in [5.41, 5.74) is 7.32. The molecule has 3 rings (SSSR count). The SMILES string of the molecule is CCOC(=O)C1=C(COCCn2nncc2C(N)=O)NC(C)=C(C(=O)OC)C1c1ccccc1Cl. The first-order valence-corrected chi connectivity index (χ1v) is 11.1. The van der Waals surface area contributed by atoms with Gasteiger partial charge in [0.15, 0.2) is 0 Å². The highest BCUT2D eigenvalue weighted by Gasteiger charge is 2.39. The Morgan fingerprint density at radius 2 is 1.94 bits per heavy atom. The second-order valence-corrected chi connectivity index (χ2v) is 7.89. The predicted molar refractivity (Wildman–Crippen MR) is 125 cm³/mol. The van der Waals surface area contributed by atoms with E-state index in [1.165, 1.54) is 18.0 Å². The van der Waals surface area contributed by atoms with E-state index in [0.717, 1.165) is 0 Å². The molecule has 2 heterocycles. The Bertz CT molecular complexity index is 1190. The van der Waals surface area contributed by atoms with Crippen LogP contribution in [-0.2, 0) is 30.3 Å². The van der Waals surface area contributed by atoms with E-state index in [2.05, 4.69) is 15.6 Å². The Labute approximate surface area is 206 Å². The molecule has 3 N–H and O–H groups in total. The van der Waals surface area contributed by atoms with E-state index in [1.807, 2.05) is 0 Å². The molecule has 2 aromatic rings. The minimum absolute atomic E-state index is 0.0263. The number of allylic oxidation sites excluding steroid dienone is 1. The van der Waals surface area contributed by atoms with Crippen LogP contribution in [0.5, 0.6) is 0 Å². The molecule has 0 aliphatic carbocycles. The fraction of sp³-hybridized carbons (Fsp3) is 0.348.